The number of benzene rings is 2. The monoisotopic (exact) mass is 612 g/mol. The van der Waals surface area contributed by atoms with Gasteiger partial charge in [-0.05, 0) is 68.1 Å². The molecular formula is C33H30F2N6O4. The number of hydrogen-bond donors (Lipinski definition) is 1. The minimum absolute atomic E-state index is 0.0245. The van der Waals surface area contributed by atoms with E-state index in [4.69, 9.17) is 19.7 Å². The Balaban J connectivity index is 1.09. The van der Waals surface area contributed by atoms with Crippen LogP contribution >= 0.6 is 0 Å². The van der Waals surface area contributed by atoms with Crippen LogP contribution in [0, 0.1) is 39.7 Å². The van der Waals surface area contributed by atoms with Gasteiger partial charge in [0.1, 0.15) is 30.0 Å². The number of carboxylic acids is 1. The largest absolute Gasteiger partial charge is 0.484 e. The standard InChI is InChI=1S/C33H30F2N6O4/c34-24-3-6-31(39-27(24)19-44-29-5-1-21(17-37)15-25(29)35)45-23-7-13-40(14-8-23)18-30-38-26-4-2-22(32(42)43)16-28(26)41(30)20-33(9-10-33)11-12-36/h1-6,15-16,23H,7-11,13-14,18-20H2,(H,42,43). The van der Waals surface area contributed by atoms with Gasteiger partial charge in [-0.1, -0.05) is 0 Å². The van der Waals surface area contributed by atoms with Crippen molar-refractivity contribution < 1.29 is 28.2 Å². The van der Waals surface area contributed by atoms with E-state index in [2.05, 4.69) is 20.5 Å². The van der Waals surface area contributed by atoms with Gasteiger partial charge in [-0.15, -0.1) is 0 Å². The number of aromatic carboxylic acids is 1. The van der Waals surface area contributed by atoms with Crippen LogP contribution in [0.1, 0.15) is 59.5 Å². The molecule has 6 rings (SSSR count). The van der Waals surface area contributed by atoms with Crippen LogP contribution in [0.25, 0.3) is 11.0 Å². The van der Waals surface area contributed by atoms with Crippen LogP contribution < -0.4 is 9.47 Å². The summed E-state index contributed by atoms with van der Waals surface area (Å²) in [5.74, 6) is -1.35. The molecular weight excluding hydrogens is 582 g/mol. The minimum atomic E-state index is -0.998. The number of hydrogen-bond acceptors (Lipinski definition) is 8. The topological polar surface area (TPSA) is 137 Å². The molecule has 0 spiro atoms. The number of nitrogens with zero attached hydrogens (tertiary/aromatic N) is 6. The lowest BCUT2D eigenvalue weighted by Gasteiger charge is -2.32. The van der Waals surface area contributed by atoms with Gasteiger partial charge in [-0.2, -0.15) is 10.5 Å². The first kappa shape index (κ1) is 30.0. The van der Waals surface area contributed by atoms with Crippen molar-refractivity contribution in [2.75, 3.05) is 13.1 Å². The van der Waals surface area contributed by atoms with Crippen molar-refractivity contribution in [1.82, 2.24) is 19.4 Å². The smallest absolute Gasteiger partial charge is 0.335 e. The molecule has 0 radical (unpaired) electrons. The molecule has 0 unspecified atom stereocenters. The number of ether oxygens (including phenoxy) is 2. The van der Waals surface area contributed by atoms with Gasteiger partial charge >= 0.3 is 5.97 Å². The van der Waals surface area contributed by atoms with Crippen LogP contribution in [0.4, 0.5) is 8.78 Å². The van der Waals surface area contributed by atoms with E-state index in [1.165, 1.54) is 24.3 Å². The maximum absolute atomic E-state index is 14.5. The number of nitriles is 2. The lowest BCUT2D eigenvalue weighted by Crippen LogP contribution is -2.38. The number of rotatable bonds is 11. The Kier molecular flexibility index (Phi) is 8.33. The van der Waals surface area contributed by atoms with Gasteiger partial charge in [0.25, 0.3) is 0 Å². The molecule has 2 aliphatic rings. The molecule has 12 heteroatoms. The van der Waals surface area contributed by atoms with Gasteiger partial charge < -0.3 is 19.1 Å². The van der Waals surface area contributed by atoms with Crippen molar-refractivity contribution in [3.8, 4) is 23.8 Å². The Bertz CT molecular complexity index is 1830. The quantitative estimate of drug-likeness (QED) is 0.230. The van der Waals surface area contributed by atoms with Gasteiger partial charge in [-0.25, -0.2) is 23.5 Å². The predicted octanol–water partition coefficient (Wildman–Crippen LogP) is 5.60. The molecule has 10 nitrogen and oxygen atoms in total. The van der Waals surface area contributed by atoms with E-state index >= 15 is 0 Å². The number of piperidine rings is 1. The normalized spacial score (nSPS) is 16.2. The fraction of sp³-hybridized carbons (Fsp3) is 0.364. The molecule has 2 aromatic heterocycles. The maximum Gasteiger partial charge on any atom is 0.335 e. The summed E-state index contributed by atoms with van der Waals surface area (Å²) in [6.07, 6.45) is 3.61. The van der Waals surface area contributed by atoms with Gasteiger partial charge in [-0.3, -0.25) is 4.90 Å². The number of fused-ring (bicyclic) bond motifs is 1. The molecule has 0 bridgehead atoms. The molecule has 1 N–H and O–H groups in total. The Hall–Kier alpha value is -5.07. The minimum Gasteiger partial charge on any atom is -0.484 e. The Morgan fingerprint density at radius 2 is 1.84 bits per heavy atom. The lowest BCUT2D eigenvalue weighted by atomic mass is 10.0. The molecule has 1 aliphatic heterocycles. The van der Waals surface area contributed by atoms with Crippen LogP contribution in [0.3, 0.4) is 0 Å². The fourth-order valence-corrected chi connectivity index (χ4v) is 5.69. The molecule has 2 fully saturated rings. The maximum atomic E-state index is 14.5. The molecule has 2 aromatic carbocycles. The average molecular weight is 613 g/mol. The summed E-state index contributed by atoms with van der Waals surface area (Å²) in [5, 5.41) is 27.8. The van der Waals surface area contributed by atoms with Crippen molar-refractivity contribution in [1.29, 1.82) is 10.5 Å². The van der Waals surface area contributed by atoms with E-state index in [1.807, 2.05) is 6.07 Å². The number of aromatic nitrogens is 3. The Labute approximate surface area is 258 Å². The van der Waals surface area contributed by atoms with Crippen LogP contribution in [0.15, 0.2) is 48.5 Å². The molecule has 1 saturated carbocycles. The number of halogens is 2. The summed E-state index contributed by atoms with van der Waals surface area (Å²) >= 11 is 0. The van der Waals surface area contributed by atoms with Crippen molar-refractivity contribution in [3.63, 3.8) is 0 Å². The van der Waals surface area contributed by atoms with E-state index < -0.39 is 17.6 Å². The van der Waals surface area contributed by atoms with E-state index in [0.29, 0.717) is 45.4 Å². The highest BCUT2D eigenvalue weighted by Crippen LogP contribution is 2.50. The molecule has 3 heterocycles. The second kappa shape index (κ2) is 12.5. The van der Waals surface area contributed by atoms with Gasteiger partial charge in [0.15, 0.2) is 11.6 Å². The van der Waals surface area contributed by atoms with Crippen LogP contribution in [0.2, 0.25) is 0 Å². The number of imidazole rings is 1. The highest BCUT2D eigenvalue weighted by molar-refractivity contribution is 5.92. The van der Waals surface area contributed by atoms with Crippen LogP contribution in [-0.4, -0.2) is 49.7 Å². The molecule has 0 amide bonds. The Morgan fingerprint density at radius 1 is 1.04 bits per heavy atom. The van der Waals surface area contributed by atoms with E-state index in [0.717, 1.165) is 35.8 Å². The first-order valence-electron chi connectivity index (χ1n) is 14.7. The summed E-state index contributed by atoms with van der Waals surface area (Å²) in [6.45, 7) is 2.30. The molecule has 1 aliphatic carbocycles. The summed E-state index contributed by atoms with van der Waals surface area (Å²) in [6, 6.07) is 15.6. The zero-order chi connectivity index (χ0) is 31.6. The van der Waals surface area contributed by atoms with Crippen molar-refractivity contribution >= 4 is 17.0 Å². The fourth-order valence-electron chi connectivity index (χ4n) is 5.69. The average Bonchev–Trinajstić information content (AvgIpc) is 3.72. The van der Waals surface area contributed by atoms with Crippen LogP contribution in [-0.2, 0) is 19.7 Å². The molecule has 230 valence electrons. The Morgan fingerprint density at radius 3 is 2.53 bits per heavy atom. The molecule has 4 aromatic rings. The third-order valence-corrected chi connectivity index (χ3v) is 8.48. The van der Waals surface area contributed by atoms with Crippen molar-refractivity contribution in [2.24, 2.45) is 5.41 Å². The third kappa shape index (κ3) is 6.71. The highest BCUT2D eigenvalue weighted by atomic mass is 19.1. The molecule has 0 atom stereocenters. The first-order valence-corrected chi connectivity index (χ1v) is 14.7. The second-order valence-corrected chi connectivity index (χ2v) is 11.7. The number of likely N-dealkylation sites (tertiary alicyclic amines) is 1. The second-order valence-electron chi connectivity index (χ2n) is 11.7. The SMILES string of the molecule is N#CCC1(Cn2c(CN3CCC(Oc4ccc(F)c(COc5ccc(C#N)cc5F)n4)CC3)nc3ccc(C(=O)O)cc32)CC1. The first-order chi connectivity index (χ1) is 21.8. The highest BCUT2D eigenvalue weighted by Gasteiger charge is 2.43. The van der Waals surface area contributed by atoms with Crippen molar-refractivity contribution in [2.45, 2.75) is 57.9 Å². The molecule has 45 heavy (non-hydrogen) atoms. The molecule has 1 saturated heterocycles. The van der Waals surface area contributed by atoms with E-state index in [-0.39, 0.29) is 46.6 Å². The zero-order valence-electron chi connectivity index (χ0n) is 24.4. The van der Waals surface area contributed by atoms with Crippen molar-refractivity contribution in [3.05, 3.63) is 82.8 Å². The lowest BCUT2D eigenvalue weighted by molar-refractivity contribution is 0.0697. The van der Waals surface area contributed by atoms with E-state index in [9.17, 15) is 23.9 Å². The number of carbonyl (C=O) groups is 1. The number of pyridine rings is 1. The third-order valence-electron chi connectivity index (χ3n) is 8.48. The summed E-state index contributed by atoms with van der Waals surface area (Å²) in [7, 11) is 0. The number of carboxylic acid groups (broad SMARTS) is 1. The summed E-state index contributed by atoms with van der Waals surface area (Å²) in [4.78, 5) is 23.0. The summed E-state index contributed by atoms with van der Waals surface area (Å²) in [5.41, 5.74) is 1.72. The summed E-state index contributed by atoms with van der Waals surface area (Å²) < 4.78 is 42.2. The predicted molar refractivity (Wildman–Crippen MR) is 157 cm³/mol. The van der Waals surface area contributed by atoms with Crippen LogP contribution in [0.5, 0.6) is 11.6 Å². The zero-order valence-corrected chi connectivity index (χ0v) is 24.4. The van der Waals surface area contributed by atoms with E-state index in [1.54, 1.807) is 18.2 Å². The van der Waals surface area contributed by atoms with Gasteiger partial charge in [0, 0.05) is 37.5 Å². The van der Waals surface area contributed by atoms with Gasteiger partial charge in [0.2, 0.25) is 5.88 Å². The van der Waals surface area contributed by atoms with Gasteiger partial charge in [0.05, 0.1) is 40.8 Å².